The number of likely N-dealkylation sites (N-methyl/N-ethyl adjacent to an activating group) is 1. The maximum atomic E-state index is 9.99. The summed E-state index contributed by atoms with van der Waals surface area (Å²) in [6, 6.07) is 0. The Morgan fingerprint density at radius 2 is 2.50 bits per heavy atom. The van der Waals surface area contributed by atoms with Crippen LogP contribution < -0.4 is 10.6 Å². The summed E-state index contributed by atoms with van der Waals surface area (Å²) in [5.74, 6) is 0. The Morgan fingerprint density at radius 3 is 2.90 bits per heavy atom. The molecule has 0 aromatic carbocycles. The van der Waals surface area contributed by atoms with Gasteiger partial charge in [0.15, 0.2) is 8.45 Å². The van der Waals surface area contributed by atoms with Crippen LogP contribution >= 0.6 is 8.45 Å². The van der Waals surface area contributed by atoms with Gasteiger partial charge in [0.25, 0.3) is 0 Å². The highest BCUT2D eigenvalue weighted by atomic mass is 31.2. The average Bonchev–Trinajstić information content (AvgIpc) is 1.87. The van der Waals surface area contributed by atoms with Crippen LogP contribution in [-0.2, 0) is 4.79 Å². The predicted octanol–water partition coefficient (Wildman–Crippen LogP) is -1.16. The first-order valence-corrected chi connectivity index (χ1v) is 4.16. The van der Waals surface area contributed by atoms with Crippen molar-refractivity contribution in [1.82, 2.24) is 9.99 Å². The van der Waals surface area contributed by atoms with Crippen LogP contribution in [0.2, 0.25) is 0 Å². The van der Waals surface area contributed by atoms with Crippen LogP contribution in [0.25, 0.3) is 0 Å². The molecule has 0 spiro atoms. The molecular weight excluding hydrogens is 153 g/mol. The Hall–Kier alpha value is -0.220. The van der Waals surface area contributed by atoms with Crippen molar-refractivity contribution in [3.63, 3.8) is 0 Å². The average molecular weight is 165 g/mol. The van der Waals surface area contributed by atoms with E-state index in [2.05, 4.69) is 5.09 Å². The quantitative estimate of drug-likeness (QED) is 0.355. The molecule has 0 saturated carbocycles. The monoisotopic (exact) mass is 165 g/mol. The minimum absolute atomic E-state index is 0.522. The summed E-state index contributed by atoms with van der Waals surface area (Å²) in [6.45, 7) is 1.08. The number of amides is 1. The van der Waals surface area contributed by atoms with Crippen LogP contribution in [-0.4, -0.2) is 36.3 Å². The number of rotatable bonds is 5. The van der Waals surface area contributed by atoms with E-state index in [1.807, 2.05) is 0 Å². The van der Waals surface area contributed by atoms with Crippen molar-refractivity contribution in [3.05, 3.63) is 0 Å². The van der Waals surface area contributed by atoms with E-state index >= 15 is 0 Å². The summed E-state index contributed by atoms with van der Waals surface area (Å²) >= 11 is 0. The predicted molar refractivity (Wildman–Crippen MR) is 40.0 cm³/mol. The molecule has 0 aromatic rings. The Bertz CT molecular complexity index is 101. The molecule has 6 heteroatoms. The zero-order chi connectivity index (χ0) is 7.98. The standard InChI is InChI=1S/C4H12N3O2P/c1-7(4-8)3-2-6-10(5)9/h4,6,9H,2-3,5H2,1H3. The molecule has 0 fully saturated rings. The lowest BCUT2D eigenvalue weighted by Crippen LogP contribution is -2.26. The molecule has 0 aliphatic heterocycles. The second-order valence-corrected chi connectivity index (χ2v) is 2.84. The van der Waals surface area contributed by atoms with Crippen molar-refractivity contribution in [3.8, 4) is 0 Å². The zero-order valence-electron chi connectivity index (χ0n) is 5.82. The molecule has 0 saturated heterocycles. The highest BCUT2D eigenvalue weighted by Gasteiger charge is 1.95. The van der Waals surface area contributed by atoms with E-state index < -0.39 is 8.45 Å². The molecule has 0 bridgehead atoms. The van der Waals surface area contributed by atoms with Gasteiger partial charge in [-0.25, -0.2) is 0 Å². The van der Waals surface area contributed by atoms with E-state index in [1.54, 1.807) is 7.05 Å². The van der Waals surface area contributed by atoms with Gasteiger partial charge in [-0.05, 0) is 0 Å². The summed E-state index contributed by atoms with van der Waals surface area (Å²) < 4.78 is 0. The van der Waals surface area contributed by atoms with Crippen molar-refractivity contribution in [2.45, 2.75) is 0 Å². The maximum Gasteiger partial charge on any atom is 0.209 e. The van der Waals surface area contributed by atoms with Crippen LogP contribution in [0.3, 0.4) is 0 Å². The normalized spacial score (nSPS) is 12.7. The molecule has 60 valence electrons. The van der Waals surface area contributed by atoms with E-state index in [0.29, 0.717) is 13.1 Å². The molecule has 1 amide bonds. The van der Waals surface area contributed by atoms with Crippen molar-refractivity contribution >= 4 is 14.9 Å². The summed E-state index contributed by atoms with van der Waals surface area (Å²) in [6.07, 6.45) is 0.720. The molecule has 0 aliphatic carbocycles. The van der Waals surface area contributed by atoms with E-state index in [1.165, 1.54) is 4.90 Å². The first-order chi connectivity index (χ1) is 4.66. The Balaban J connectivity index is 3.11. The van der Waals surface area contributed by atoms with Gasteiger partial charge in [-0.1, -0.05) is 0 Å². The molecule has 4 N–H and O–H groups in total. The van der Waals surface area contributed by atoms with Crippen molar-refractivity contribution in [1.29, 1.82) is 0 Å². The second kappa shape index (κ2) is 5.56. The maximum absolute atomic E-state index is 9.99. The third-order valence-corrected chi connectivity index (χ3v) is 1.47. The summed E-state index contributed by atoms with van der Waals surface area (Å²) in [4.78, 5) is 20.0. The first kappa shape index (κ1) is 9.78. The highest BCUT2D eigenvalue weighted by Crippen LogP contribution is 2.07. The summed E-state index contributed by atoms with van der Waals surface area (Å²) in [5.41, 5.74) is 5.02. The molecular formula is C4H12N3O2P. The van der Waals surface area contributed by atoms with Gasteiger partial charge < -0.3 is 9.79 Å². The van der Waals surface area contributed by atoms with Crippen LogP contribution in [0.1, 0.15) is 0 Å². The van der Waals surface area contributed by atoms with E-state index in [-0.39, 0.29) is 0 Å². The SMILES string of the molecule is CN(C=O)CCNP(N)O. The number of nitrogens with zero attached hydrogens (tertiary/aromatic N) is 1. The number of hydrogen-bond acceptors (Lipinski definition) is 4. The van der Waals surface area contributed by atoms with Crippen LogP contribution in [0.15, 0.2) is 0 Å². The van der Waals surface area contributed by atoms with E-state index in [9.17, 15) is 4.79 Å². The summed E-state index contributed by atoms with van der Waals surface area (Å²) in [5, 5.41) is 2.61. The summed E-state index contributed by atoms with van der Waals surface area (Å²) in [7, 11) is 0.129. The van der Waals surface area contributed by atoms with Crippen molar-refractivity contribution < 1.29 is 9.69 Å². The zero-order valence-corrected chi connectivity index (χ0v) is 6.71. The lowest BCUT2D eigenvalue weighted by Gasteiger charge is -2.11. The topological polar surface area (TPSA) is 78.6 Å². The van der Waals surface area contributed by atoms with Gasteiger partial charge >= 0.3 is 0 Å². The molecule has 0 heterocycles. The third kappa shape index (κ3) is 5.91. The number of nitrogens with one attached hydrogen (secondary N) is 1. The van der Waals surface area contributed by atoms with Gasteiger partial charge in [0.1, 0.15) is 0 Å². The van der Waals surface area contributed by atoms with Gasteiger partial charge in [-0.15, -0.1) is 0 Å². The van der Waals surface area contributed by atoms with E-state index in [4.69, 9.17) is 10.4 Å². The smallest absolute Gasteiger partial charge is 0.209 e. The number of carbonyl (C=O) groups is 1. The van der Waals surface area contributed by atoms with Crippen LogP contribution in [0, 0.1) is 0 Å². The van der Waals surface area contributed by atoms with Crippen LogP contribution in [0.4, 0.5) is 0 Å². The highest BCUT2D eigenvalue weighted by molar-refractivity contribution is 7.46. The molecule has 0 aromatic heterocycles. The fourth-order valence-corrected chi connectivity index (χ4v) is 0.723. The van der Waals surface area contributed by atoms with Gasteiger partial charge in [-0.3, -0.25) is 15.4 Å². The lowest BCUT2D eigenvalue weighted by molar-refractivity contribution is -0.116. The Morgan fingerprint density at radius 1 is 1.90 bits per heavy atom. The van der Waals surface area contributed by atoms with Crippen LogP contribution in [0.5, 0.6) is 0 Å². The Labute approximate surface area is 61.1 Å². The number of hydrogen-bond donors (Lipinski definition) is 3. The van der Waals surface area contributed by atoms with Crippen molar-refractivity contribution in [2.75, 3.05) is 20.1 Å². The fraction of sp³-hybridized carbons (Fsp3) is 0.750. The third-order valence-electron chi connectivity index (χ3n) is 0.918. The Kier molecular flexibility index (Phi) is 5.43. The molecule has 10 heavy (non-hydrogen) atoms. The molecule has 0 rings (SSSR count). The molecule has 1 atom stereocenters. The molecule has 5 nitrogen and oxygen atoms in total. The minimum atomic E-state index is -1.53. The number of nitrogens with two attached hydrogens (primary N) is 1. The lowest BCUT2D eigenvalue weighted by atomic mass is 10.6. The number of carbonyl (C=O) groups excluding carboxylic acids is 1. The molecule has 0 aliphatic rings. The molecule has 1 unspecified atom stereocenters. The van der Waals surface area contributed by atoms with Gasteiger partial charge in [0.2, 0.25) is 6.41 Å². The van der Waals surface area contributed by atoms with Crippen molar-refractivity contribution in [2.24, 2.45) is 5.50 Å². The van der Waals surface area contributed by atoms with Gasteiger partial charge in [0.05, 0.1) is 0 Å². The minimum Gasteiger partial charge on any atom is -0.348 e. The van der Waals surface area contributed by atoms with E-state index in [0.717, 1.165) is 6.41 Å². The largest absolute Gasteiger partial charge is 0.348 e. The van der Waals surface area contributed by atoms with Gasteiger partial charge in [-0.2, -0.15) is 0 Å². The van der Waals surface area contributed by atoms with Gasteiger partial charge in [0, 0.05) is 20.1 Å². The second-order valence-electron chi connectivity index (χ2n) is 1.84. The first-order valence-electron chi connectivity index (χ1n) is 2.79. The molecule has 0 radical (unpaired) electrons. The fourth-order valence-electron chi connectivity index (χ4n) is 0.394.